The molecule has 0 aliphatic heterocycles. The zero-order valence-electron chi connectivity index (χ0n) is 11.2. The normalized spacial score (nSPS) is 11.3. The van der Waals surface area contributed by atoms with E-state index >= 15 is 0 Å². The molecule has 0 N–H and O–H groups in total. The number of aryl methyl sites for hydroxylation is 1. The molecule has 6 heteroatoms. The maximum absolute atomic E-state index is 12.0. The van der Waals surface area contributed by atoms with Gasteiger partial charge in [-0.1, -0.05) is 17.7 Å². The number of nitrogens with zero attached hydrogens (tertiary/aromatic N) is 1. The molecule has 0 unspecified atom stereocenters. The lowest BCUT2D eigenvalue weighted by molar-refractivity contribution is 0.303. The molecule has 2 rings (SSSR count). The SMILES string of the molecule is COc1ccc(COS(=O)(=O)c2ccc(C)cc2)nc1. The van der Waals surface area contributed by atoms with E-state index in [0.29, 0.717) is 11.4 Å². The molecule has 0 spiro atoms. The van der Waals surface area contributed by atoms with Crippen LogP contribution in [-0.2, 0) is 20.9 Å². The topological polar surface area (TPSA) is 65.5 Å². The van der Waals surface area contributed by atoms with Gasteiger partial charge in [0.1, 0.15) is 12.4 Å². The Labute approximate surface area is 118 Å². The summed E-state index contributed by atoms with van der Waals surface area (Å²) >= 11 is 0. The molecule has 106 valence electrons. The largest absolute Gasteiger partial charge is 0.495 e. The van der Waals surface area contributed by atoms with Gasteiger partial charge in [0.15, 0.2) is 0 Å². The second-order valence-corrected chi connectivity index (χ2v) is 5.83. The molecule has 0 saturated heterocycles. The van der Waals surface area contributed by atoms with E-state index in [1.54, 1.807) is 24.3 Å². The number of rotatable bonds is 5. The van der Waals surface area contributed by atoms with Gasteiger partial charge in [0.05, 0.1) is 23.9 Å². The minimum atomic E-state index is -3.76. The van der Waals surface area contributed by atoms with Crippen molar-refractivity contribution in [3.8, 4) is 5.75 Å². The van der Waals surface area contributed by atoms with E-state index < -0.39 is 10.1 Å². The first-order valence-electron chi connectivity index (χ1n) is 5.96. The molecule has 0 radical (unpaired) electrons. The molecule has 2 aromatic rings. The summed E-state index contributed by atoms with van der Waals surface area (Å²) in [7, 11) is -2.23. The first kappa shape index (κ1) is 14.5. The van der Waals surface area contributed by atoms with Gasteiger partial charge in [-0.2, -0.15) is 8.42 Å². The van der Waals surface area contributed by atoms with Crippen LogP contribution < -0.4 is 4.74 Å². The third-order valence-corrected chi connectivity index (χ3v) is 3.98. The summed E-state index contributed by atoms with van der Waals surface area (Å²) in [6.07, 6.45) is 1.51. The number of methoxy groups -OCH3 is 1. The summed E-state index contributed by atoms with van der Waals surface area (Å²) < 4.78 is 33.9. The average molecular weight is 293 g/mol. The third-order valence-electron chi connectivity index (χ3n) is 2.70. The van der Waals surface area contributed by atoms with Crippen LogP contribution in [0.1, 0.15) is 11.3 Å². The monoisotopic (exact) mass is 293 g/mol. The summed E-state index contributed by atoms with van der Waals surface area (Å²) in [5.41, 5.74) is 1.50. The zero-order chi connectivity index (χ0) is 14.6. The van der Waals surface area contributed by atoms with Crippen molar-refractivity contribution in [2.45, 2.75) is 18.4 Å². The summed E-state index contributed by atoms with van der Waals surface area (Å²) in [5, 5.41) is 0. The van der Waals surface area contributed by atoms with Gasteiger partial charge in [-0.3, -0.25) is 9.17 Å². The quantitative estimate of drug-likeness (QED) is 0.791. The van der Waals surface area contributed by atoms with Gasteiger partial charge >= 0.3 is 0 Å². The fourth-order valence-electron chi connectivity index (χ4n) is 1.53. The second-order valence-electron chi connectivity index (χ2n) is 4.22. The number of benzene rings is 1. The van der Waals surface area contributed by atoms with E-state index in [1.165, 1.54) is 25.4 Å². The second kappa shape index (κ2) is 6.02. The van der Waals surface area contributed by atoms with Crippen molar-refractivity contribution in [2.75, 3.05) is 7.11 Å². The van der Waals surface area contributed by atoms with Gasteiger partial charge in [0.25, 0.3) is 10.1 Å². The van der Waals surface area contributed by atoms with Crippen molar-refractivity contribution in [1.82, 2.24) is 4.98 Å². The van der Waals surface area contributed by atoms with Crippen LogP contribution in [0.4, 0.5) is 0 Å². The zero-order valence-corrected chi connectivity index (χ0v) is 12.1. The maximum atomic E-state index is 12.0. The predicted octanol–water partition coefficient (Wildman–Crippen LogP) is 2.30. The van der Waals surface area contributed by atoms with Crippen LogP contribution in [0.2, 0.25) is 0 Å². The molecule has 1 aromatic carbocycles. The Kier molecular flexibility index (Phi) is 4.36. The Morgan fingerprint density at radius 1 is 1.10 bits per heavy atom. The smallest absolute Gasteiger partial charge is 0.297 e. The average Bonchev–Trinajstić information content (AvgIpc) is 2.46. The number of hydrogen-bond acceptors (Lipinski definition) is 5. The van der Waals surface area contributed by atoms with Crippen LogP contribution in [-0.4, -0.2) is 20.5 Å². The van der Waals surface area contributed by atoms with Crippen molar-refractivity contribution in [3.63, 3.8) is 0 Å². The van der Waals surface area contributed by atoms with Crippen LogP contribution >= 0.6 is 0 Å². The lowest BCUT2D eigenvalue weighted by Crippen LogP contribution is -2.07. The molecule has 0 bridgehead atoms. The van der Waals surface area contributed by atoms with Gasteiger partial charge in [-0.25, -0.2) is 0 Å². The van der Waals surface area contributed by atoms with Gasteiger partial charge in [-0.15, -0.1) is 0 Å². The van der Waals surface area contributed by atoms with E-state index in [2.05, 4.69) is 4.98 Å². The molecule has 5 nitrogen and oxygen atoms in total. The molecule has 1 heterocycles. The third kappa shape index (κ3) is 3.55. The Bertz CT molecular complexity index is 663. The highest BCUT2D eigenvalue weighted by molar-refractivity contribution is 7.86. The molecule has 0 saturated carbocycles. The van der Waals surface area contributed by atoms with Gasteiger partial charge in [-0.05, 0) is 31.2 Å². The van der Waals surface area contributed by atoms with Crippen molar-refractivity contribution >= 4 is 10.1 Å². The molecular weight excluding hydrogens is 278 g/mol. The standard InChI is InChI=1S/C14H15NO4S/c1-11-3-7-14(8-4-11)20(16,17)19-10-12-5-6-13(18-2)9-15-12/h3-9H,10H2,1-2H3. The molecular formula is C14H15NO4S. The van der Waals surface area contributed by atoms with E-state index in [4.69, 9.17) is 8.92 Å². The van der Waals surface area contributed by atoms with Crippen molar-refractivity contribution < 1.29 is 17.3 Å². The van der Waals surface area contributed by atoms with Crippen molar-refractivity contribution in [2.24, 2.45) is 0 Å². The minimum absolute atomic E-state index is 0.111. The highest BCUT2D eigenvalue weighted by atomic mass is 32.2. The minimum Gasteiger partial charge on any atom is -0.495 e. The molecule has 0 fully saturated rings. The highest BCUT2D eigenvalue weighted by Crippen LogP contribution is 2.15. The molecule has 0 atom stereocenters. The fraction of sp³-hybridized carbons (Fsp3) is 0.214. The van der Waals surface area contributed by atoms with E-state index in [9.17, 15) is 8.42 Å². The van der Waals surface area contributed by atoms with E-state index in [1.807, 2.05) is 6.92 Å². The summed E-state index contributed by atoms with van der Waals surface area (Å²) in [5.74, 6) is 0.607. The molecule has 0 amide bonds. The molecule has 0 aliphatic rings. The first-order chi connectivity index (χ1) is 9.51. The molecule has 0 aliphatic carbocycles. The number of hydrogen-bond donors (Lipinski definition) is 0. The van der Waals surface area contributed by atoms with Crippen LogP contribution in [0, 0.1) is 6.92 Å². The Morgan fingerprint density at radius 3 is 2.35 bits per heavy atom. The number of pyridine rings is 1. The molecule has 1 aromatic heterocycles. The van der Waals surface area contributed by atoms with Crippen LogP contribution in [0.5, 0.6) is 5.75 Å². The van der Waals surface area contributed by atoms with Gasteiger partial charge in [0.2, 0.25) is 0 Å². The Hall–Kier alpha value is -1.92. The molecule has 20 heavy (non-hydrogen) atoms. The maximum Gasteiger partial charge on any atom is 0.297 e. The lowest BCUT2D eigenvalue weighted by Gasteiger charge is -2.06. The fourth-order valence-corrected chi connectivity index (χ4v) is 2.41. The van der Waals surface area contributed by atoms with E-state index in [0.717, 1.165) is 5.56 Å². The highest BCUT2D eigenvalue weighted by Gasteiger charge is 2.15. The van der Waals surface area contributed by atoms with Gasteiger partial charge < -0.3 is 4.74 Å². The van der Waals surface area contributed by atoms with Crippen LogP contribution in [0.25, 0.3) is 0 Å². The lowest BCUT2D eigenvalue weighted by atomic mass is 10.2. The Morgan fingerprint density at radius 2 is 1.80 bits per heavy atom. The van der Waals surface area contributed by atoms with Crippen LogP contribution in [0.3, 0.4) is 0 Å². The van der Waals surface area contributed by atoms with Crippen LogP contribution in [0.15, 0.2) is 47.5 Å². The number of ether oxygens (including phenoxy) is 1. The van der Waals surface area contributed by atoms with Crippen molar-refractivity contribution in [3.05, 3.63) is 53.9 Å². The van der Waals surface area contributed by atoms with E-state index in [-0.39, 0.29) is 11.5 Å². The van der Waals surface area contributed by atoms with Gasteiger partial charge in [0, 0.05) is 0 Å². The van der Waals surface area contributed by atoms with Crippen molar-refractivity contribution in [1.29, 1.82) is 0 Å². The first-order valence-corrected chi connectivity index (χ1v) is 7.37. The predicted molar refractivity (Wildman–Crippen MR) is 73.9 cm³/mol. The number of aromatic nitrogens is 1. The summed E-state index contributed by atoms with van der Waals surface area (Å²) in [6.45, 7) is 1.78. The summed E-state index contributed by atoms with van der Waals surface area (Å²) in [6, 6.07) is 9.84. The Balaban J connectivity index is 2.06. The summed E-state index contributed by atoms with van der Waals surface area (Å²) in [4.78, 5) is 4.18.